The van der Waals surface area contributed by atoms with Crippen molar-refractivity contribution < 1.29 is 4.29 Å². The van der Waals surface area contributed by atoms with Crippen molar-refractivity contribution in [3.63, 3.8) is 0 Å². The molecule has 0 aliphatic rings. The lowest BCUT2D eigenvalue weighted by atomic mass is 10.3. The fourth-order valence-electron chi connectivity index (χ4n) is 0.796. The zero-order valence-electron chi connectivity index (χ0n) is 6.58. The molecule has 4 N–H and O–H groups in total. The summed E-state index contributed by atoms with van der Waals surface area (Å²) in [6.45, 7) is 0. The number of para-hydroxylation sites is 2. The molecule has 4 nitrogen and oxygen atoms in total. The summed E-state index contributed by atoms with van der Waals surface area (Å²) in [5.41, 5.74) is 2.94. The van der Waals surface area contributed by atoms with Crippen LogP contribution in [-0.4, -0.2) is 5.11 Å². The van der Waals surface area contributed by atoms with Crippen LogP contribution in [0.25, 0.3) is 0 Å². The Morgan fingerprint density at radius 1 is 1.46 bits per heavy atom. The van der Waals surface area contributed by atoms with Gasteiger partial charge in [0, 0.05) is 0 Å². The number of rotatable bonds is 2. The minimum Gasteiger partial charge on any atom is -0.383 e. The van der Waals surface area contributed by atoms with Crippen molar-refractivity contribution in [2.24, 2.45) is 5.84 Å². The second kappa shape index (κ2) is 4.86. The molecule has 0 atom stereocenters. The first-order valence-corrected chi connectivity index (χ1v) is 4.15. The van der Waals surface area contributed by atoms with Crippen LogP contribution < -0.4 is 20.9 Å². The number of halogens is 1. The average molecular weight is 218 g/mol. The molecule has 1 aromatic rings. The molecule has 13 heavy (non-hydrogen) atoms. The lowest BCUT2D eigenvalue weighted by Gasteiger charge is -2.08. The molecule has 1 aromatic carbocycles. The molecular weight excluding hydrogens is 210 g/mol. The maximum Gasteiger partial charge on any atom is 0.185 e. The molecule has 0 amide bonds. The molecule has 0 spiro atoms. The van der Waals surface area contributed by atoms with E-state index in [1.807, 2.05) is 6.07 Å². The van der Waals surface area contributed by atoms with E-state index < -0.39 is 0 Å². The molecule has 6 heteroatoms. The molecule has 0 fully saturated rings. The maximum absolute atomic E-state index is 5.22. The van der Waals surface area contributed by atoms with Crippen molar-refractivity contribution in [1.29, 1.82) is 0 Å². The van der Waals surface area contributed by atoms with Crippen LogP contribution in [0.4, 0.5) is 5.69 Å². The van der Waals surface area contributed by atoms with E-state index in [1.165, 1.54) is 0 Å². The summed E-state index contributed by atoms with van der Waals surface area (Å²) in [7, 11) is 0. The largest absolute Gasteiger partial charge is 0.383 e. The van der Waals surface area contributed by atoms with Crippen molar-refractivity contribution in [2.45, 2.75) is 0 Å². The zero-order chi connectivity index (χ0) is 9.68. The SMILES string of the molecule is NNC(=S)Nc1ccccc1OCl. The molecule has 70 valence electrons. The van der Waals surface area contributed by atoms with Crippen molar-refractivity contribution in [2.75, 3.05) is 5.32 Å². The van der Waals surface area contributed by atoms with E-state index in [-0.39, 0.29) is 0 Å². The second-order valence-electron chi connectivity index (χ2n) is 2.17. The Hall–Kier alpha value is -1.04. The summed E-state index contributed by atoms with van der Waals surface area (Å²) in [6, 6.07) is 7.08. The van der Waals surface area contributed by atoms with E-state index in [0.29, 0.717) is 16.5 Å². The normalized spacial score (nSPS) is 9.08. The number of hydrogen-bond acceptors (Lipinski definition) is 3. The standard InChI is InChI=1S/C7H8ClN3OS/c8-12-6-4-2-1-3-5(6)10-7(13)11-9/h1-4H,9H2,(H2,10,11,13). The third kappa shape index (κ3) is 2.73. The van der Waals surface area contributed by atoms with Gasteiger partial charge in [-0.05, 0) is 24.4 Å². The van der Waals surface area contributed by atoms with E-state index in [4.69, 9.17) is 29.9 Å². The Labute approximate surface area is 86.2 Å². The van der Waals surface area contributed by atoms with E-state index in [0.717, 1.165) is 0 Å². The van der Waals surface area contributed by atoms with Gasteiger partial charge in [-0.1, -0.05) is 12.1 Å². The highest BCUT2D eigenvalue weighted by Gasteiger charge is 2.02. The number of nitrogens with two attached hydrogens (primary N) is 1. The molecule has 0 saturated heterocycles. The fraction of sp³-hybridized carbons (Fsp3) is 0. The number of nitrogens with one attached hydrogen (secondary N) is 2. The van der Waals surface area contributed by atoms with Crippen LogP contribution in [0, 0.1) is 0 Å². The highest BCUT2D eigenvalue weighted by Crippen LogP contribution is 2.24. The van der Waals surface area contributed by atoms with Gasteiger partial charge in [-0.3, -0.25) is 0 Å². The average Bonchev–Trinajstić information content (AvgIpc) is 2.18. The highest BCUT2D eigenvalue weighted by atomic mass is 35.5. The zero-order valence-corrected chi connectivity index (χ0v) is 8.15. The van der Waals surface area contributed by atoms with Crippen LogP contribution in [0.1, 0.15) is 0 Å². The molecule has 0 heterocycles. The van der Waals surface area contributed by atoms with Crippen molar-refractivity contribution in [3.8, 4) is 5.75 Å². The third-order valence-electron chi connectivity index (χ3n) is 1.35. The van der Waals surface area contributed by atoms with Crippen LogP contribution in [0.5, 0.6) is 5.75 Å². The monoisotopic (exact) mass is 217 g/mol. The van der Waals surface area contributed by atoms with Gasteiger partial charge in [0.15, 0.2) is 10.9 Å². The van der Waals surface area contributed by atoms with Crippen LogP contribution in [-0.2, 0) is 0 Å². The highest BCUT2D eigenvalue weighted by molar-refractivity contribution is 7.80. The van der Waals surface area contributed by atoms with Gasteiger partial charge in [-0.2, -0.15) is 0 Å². The smallest absolute Gasteiger partial charge is 0.185 e. The second-order valence-corrected chi connectivity index (χ2v) is 2.73. The number of benzene rings is 1. The lowest BCUT2D eigenvalue weighted by Crippen LogP contribution is -2.34. The van der Waals surface area contributed by atoms with E-state index in [1.54, 1.807) is 18.2 Å². The molecule has 0 aliphatic carbocycles. The van der Waals surface area contributed by atoms with Gasteiger partial charge in [0.05, 0.1) is 5.69 Å². The number of thiocarbonyl (C=S) groups is 1. The third-order valence-corrected chi connectivity index (χ3v) is 1.74. The van der Waals surface area contributed by atoms with E-state index in [9.17, 15) is 0 Å². The molecular formula is C7H8ClN3OS. The topological polar surface area (TPSA) is 59.3 Å². The molecule has 0 saturated carbocycles. The molecule has 0 aliphatic heterocycles. The number of hydrogen-bond donors (Lipinski definition) is 3. The summed E-state index contributed by atoms with van der Waals surface area (Å²) in [5, 5.41) is 3.09. The van der Waals surface area contributed by atoms with Crippen LogP contribution in [0.2, 0.25) is 0 Å². The van der Waals surface area contributed by atoms with Gasteiger partial charge in [-0.15, -0.1) is 0 Å². The Kier molecular flexibility index (Phi) is 3.75. The van der Waals surface area contributed by atoms with Crippen LogP contribution in [0.15, 0.2) is 24.3 Å². The summed E-state index contributed by atoms with van der Waals surface area (Å²) in [4.78, 5) is 0. The molecule has 0 aromatic heterocycles. The van der Waals surface area contributed by atoms with Gasteiger partial charge < -0.3 is 15.0 Å². The number of anilines is 1. The maximum atomic E-state index is 5.22. The van der Waals surface area contributed by atoms with E-state index >= 15 is 0 Å². The minimum atomic E-state index is 0.293. The van der Waals surface area contributed by atoms with Gasteiger partial charge in [0.1, 0.15) is 11.9 Å². The number of hydrazine groups is 1. The van der Waals surface area contributed by atoms with Crippen LogP contribution >= 0.6 is 24.1 Å². The lowest BCUT2D eigenvalue weighted by molar-refractivity contribution is 0.622. The summed E-state index contributed by atoms with van der Waals surface area (Å²) in [6.07, 6.45) is 0. The first-order valence-electron chi connectivity index (χ1n) is 3.43. The van der Waals surface area contributed by atoms with Crippen LogP contribution in [0.3, 0.4) is 0 Å². The predicted octanol–water partition coefficient (Wildman–Crippen LogP) is 1.38. The quantitative estimate of drug-likeness (QED) is 0.397. The van der Waals surface area contributed by atoms with Gasteiger partial charge in [0.2, 0.25) is 0 Å². The van der Waals surface area contributed by atoms with Crippen molar-refractivity contribution in [3.05, 3.63) is 24.3 Å². The fourth-order valence-corrected chi connectivity index (χ4v) is 1.04. The Morgan fingerprint density at radius 2 is 2.15 bits per heavy atom. The van der Waals surface area contributed by atoms with Crippen molar-refractivity contribution >= 4 is 34.9 Å². The Bertz CT molecular complexity index is 308. The Balaban J connectivity index is 2.81. The molecule has 1 rings (SSSR count). The Morgan fingerprint density at radius 3 is 2.77 bits per heavy atom. The summed E-state index contributed by atoms with van der Waals surface area (Å²) < 4.78 is 4.57. The first kappa shape index (κ1) is 10.0. The summed E-state index contributed by atoms with van der Waals surface area (Å²) in [5.74, 6) is 5.57. The van der Waals surface area contributed by atoms with Gasteiger partial charge in [0.25, 0.3) is 0 Å². The van der Waals surface area contributed by atoms with Gasteiger partial charge in [-0.25, -0.2) is 5.84 Å². The minimum absolute atomic E-state index is 0.293. The predicted molar refractivity (Wildman–Crippen MR) is 56.5 cm³/mol. The summed E-state index contributed by atoms with van der Waals surface area (Å²) >= 11 is 10.0. The van der Waals surface area contributed by atoms with E-state index in [2.05, 4.69) is 15.0 Å². The molecule has 0 bridgehead atoms. The van der Waals surface area contributed by atoms with Gasteiger partial charge >= 0.3 is 0 Å². The molecule has 0 radical (unpaired) electrons. The first-order chi connectivity index (χ1) is 6.27. The molecule has 0 unspecified atom stereocenters. The van der Waals surface area contributed by atoms with Crippen molar-refractivity contribution in [1.82, 2.24) is 5.43 Å².